The van der Waals surface area contributed by atoms with E-state index in [1.807, 2.05) is 0 Å². The van der Waals surface area contributed by atoms with Crippen molar-refractivity contribution in [3.8, 4) is 11.5 Å². The Balaban J connectivity index is 3.46. The van der Waals surface area contributed by atoms with Crippen LogP contribution in [0.25, 0.3) is 0 Å². The molecule has 0 radical (unpaired) electrons. The van der Waals surface area contributed by atoms with Crippen LogP contribution in [0.5, 0.6) is 11.5 Å². The first-order valence-electron chi connectivity index (χ1n) is 3.64. The third kappa shape index (κ3) is 1.63. The second-order valence-electron chi connectivity index (χ2n) is 2.67. The predicted molar refractivity (Wildman–Crippen MR) is 46.4 cm³/mol. The average Bonchev–Trinajstić information content (AvgIpc) is 2.08. The molecule has 0 atom stereocenters. The molecule has 0 aliphatic carbocycles. The number of ketones is 1. The summed E-state index contributed by atoms with van der Waals surface area (Å²) in [6, 6.07) is 1.61. The second kappa shape index (κ2) is 3.33. The Kier molecular flexibility index (Phi) is 2.37. The lowest BCUT2D eigenvalue weighted by molar-refractivity contribution is -0.385. The molecule has 1 aromatic rings. The van der Waals surface area contributed by atoms with Crippen LogP contribution in [0.1, 0.15) is 17.3 Å². The third-order valence-corrected chi connectivity index (χ3v) is 1.67. The standard InChI is InChI=1S/C8H7NO5/c1-4(10)5-2-7(11)8(12)3-6(5)9(13)14/h2-3,11-12H,1H3. The van der Waals surface area contributed by atoms with Crippen molar-refractivity contribution in [1.29, 1.82) is 0 Å². The summed E-state index contributed by atoms with van der Waals surface area (Å²) in [7, 11) is 0. The summed E-state index contributed by atoms with van der Waals surface area (Å²) in [5, 5.41) is 28.5. The molecule has 0 amide bonds. The van der Waals surface area contributed by atoms with E-state index in [0.29, 0.717) is 0 Å². The Morgan fingerprint density at radius 3 is 2.29 bits per heavy atom. The van der Waals surface area contributed by atoms with Gasteiger partial charge in [-0.05, 0) is 6.92 Å². The molecule has 0 heterocycles. The Morgan fingerprint density at radius 1 is 1.36 bits per heavy atom. The number of benzene rings is 1. The van der Waals surface area contributed by atoms with E-state index in [2.05, 4.69) is 0 Å². The van der Waals surface area contributed by atoms with Gasteiger partial charge in [0.15, 0.2) is 17.3 Å². The topological polar surface area (TPSA) is 101 Å². The number of nitrogens with zero attached hydrogens (tertiary/aromatic N) is 1. The average molecular weight is 197 g/mol. The molecule has 0 aromatic heterocycles. The number of hydrogen-bond donors (Lipinski definition) is 2. The van der Waals surface area contributed by atoms with E-state index >= 15 is 0 Å². The van der Waals surface area contributed by atoms with E-state index in [9.17, 15) is 14.9 Å². The van der Waals surface area contributed by atoms with E-state index in [1.54, 1.807) is 0 Å². The van der Waals surface area contributed by atoms with E-state index in [4.69, 9.17) is 10.2 Å². The van der Waals surface area contributed by atoms with Crippen molar-refractivity contribution in [1.82, 2.24) is 0 Å². The summed E-state index contributed by atoms with van der Waals surface area (Å²) in [6.07, 6.45) is 0. The quantitative estimate of drug-likeness (QED) is 0.321. The highest BCUT2D eigenvalue weighted by atomic mass is 16.6. The maximum absolute atomic E-state index is 10.9. The zero-order valence-electron chi connectivity index (χ0n) is 7.22. The normalized spacial score (nSPS) is 9.79. The molecule has 0 bridgehead atoms. The van der Waals surface area contributed by atoms with E-state index in [-0.39, 0.29) is 5.56 Å². The molecular weight excluding hydrogens is 190 g/mol. The first-order valence-corrected chi connectivity index (χ1v) is 3.64. The zero-order valence-corrected chi connectivity index (χ0v) is 7.22. The summed E-state index contributed by atoms with van der Waals surface area (Å²) < 4.78 is 0. The SMILES string of the molecule is CC(=O)c1cc(O)c(O)cc1[N+](=O)[O-]. The molecule has 0 unspecified atom stereocenters. The largest absolute Gasteiger partial charge is 0.504 e. The van der Waals surface area contributed by atoms with Crippen molar-refractivity contribution in [3.05, 3.63) is 27.8 Å². The molecule has 2 N–H and O–H groups in total. The van der Waals surface area contributed by atoms with Crippen LogP contribution < -0.4 is 0 Å². The van der Waals surface area contributed by atoms with Crippen LogP contribution in [0.3, 0.4) is 0 Å². The molecule has 0 spiro atoms. The minimum Gasteiger partial charge on any atom is -0.504 e. The van der Waals surface area contributed by atoms with Gasteiger partial charge in [0.2, 0.25) is 0 Å². The molecule has 14 heavy (non-hydrogen) atoms. The van der Waals surface area contributed by atoms with Gasteiger partial charge in [0.05, 0.1) is 16.6 Å². The molecule has 1 aromatic carbocycles. The highest BCUT2D eigenvalue weighted by Gasteiger charge is 2.20. The van der Waals surface area contributed by atoms with Crippen molar-refractivity contribution in [3.63, 3.8) is 0 Å². The van der Waals surface area contributed by atoms with Gasteiger partial charge in [-0.1, -0.05) is 0 Å². The maximum atomic E-state index is 10.9. The molecular formula is C8H7NO5. The number of aromatic hydroxyl groups is 2. The molecule has 0 aliphatic heterocycles. The van der Waals surface area contributed by atoms with Crippen molar-refractivity contribution in [2.45, 2.75) is 6.92 Å². The van der Waals surface area contributed by atoms with Crippen molar-refractivity contribution >= 4 is 11.5 Å². The van der Waals surface area contributed by atoms with Crippen LogP contribution in [0.15, 0.2) is 12.1 Å². The fourth-order valence-electron chi connectivity index (χ4n) is 0.999. The van der Waals surface area contributed by atoms with Crippen LogP contribution in [0.4, 0.5) is 5.69 Å². The molecule has 74 valence electrons. The van der Waals surface area contributed by atoms with Crippen LogP contribution in [0, 0.1) is 10.1 Å². The number of nitro groups is 1. The number of rotatable bonds is 2. The lowest BCUT2D eigenvalue weighted by Gasteiger charge is -2.01. The Labute approximate surface area is 78.6 Å². The Morgan fingerprint density at radius 2 is 1.86 bits per heavy atom. The molecule has 0 saturated heterocycles. The molecule has 6 nitrogen and oxygen atoms in total. The fraction of sp³-hybridized carbons (Fsp3) is 0.125. The van der Waals surface area contributed by atoms with Gasteiger partial charge in [0.25, 0.3) is 5.69 Å². The number of carbonyl (C=O) groups is 1. The first kappa shape index (κ1) is 9.97. The Bertz CT molecular complexity index is 373. The van der Waals surface area contributed by atoms with Gasteiger partial charge in [0, 0.05) is 6.07 Å². The van der Waals surface area contributed by atoms with Gasteiger partial charge in [-0.25, -0.2) is 0 Å². The van der Waals surface area contributed by atoms with Crippen LogP contribution in [-0.4, -0.2) is 20.9 Å². The Hall–Kier alpha value is -2.11. The van der Waals surface area contributed by atoms with Crippen LogP contribution in [0.2, 0.25) is 0 Å². The summed E-state index contributed by atoms with van der Waals surface area (Å²) in [5.41, 5.74) is -0.752. The predicted octanol–water partition coefficient (Wildman–Crippen LogP) is 1.21. The number of hydrogen-bond acceptors (Lipinski definition) is 5. The minimum atomic E-state index is -0.796. The highest BCUT2D eigenvalue weighted by molar-refractivity contribution is 5.98. The molecule has 6 heteroatoms. The first-order chi connectivity index (χ1) is 6.43. The molecule has 0 aliphatic rings. The number of phenolic OH excluding ortho intramolecular Hbond substituents is 2. The van der Waals surface area contributed by atoms with Gasteiger partial charge in [-0.2, -0.15) is 0 Å². The second-order valence-corrected chi connectivity index (χ2v) is 2.67. The van der Waals surface area contributed by atoms with Gasteiger partial charge >= 0.3 is 0 Å². The summed E-state index contributed by atoms with van der Waals surface area (Å²) in [6.45, 7) is 1.14. The van der Waals surface area contributed by atoms with Gasteiger partial charge in [-0.3, -0.25) is 14.9 Å². The third-order valence-electron chi connectivity index (χ3n) is 1.67. The number of carbonyl (C=O) groups excluding carboxylic acids is 1. The molecule has 1 rings (SSSR count). The lowest BCUT2D eigenvalue weighted by Crippen LogP contribution is -1.99. The fourth-order valence-corrected chi connectivity index (χ4v) is 0.999. The van der Waals surface area contributed by atoms with Crippen molar-refractivity contribution < 1.29 is 19.9 Å². The molecule has 0 fully saturated rings. The monoisotopic (exact) mass is 197 g/mol. The maximum Gasteiger partial charge on any atom is 0.284 e. The van der Waals surface area contributed by atoms with Crippen molar-refractivity contribution in [2.75, 3.05) is 0 Å². The number of Topliss-reactive ketones (excluding diaryl/α,β-unsaturated/α-hetero) is 1. The smallest absolute Gasteiger partial charge is 0.284 e. The number of nitro benzene ring substituents is 1. The number of phenols is 2. The molecule has 0 saturated carbocycles. The summed E-state index contributed by atoms with van der Waals surface area (Å²) >= 11 is 0. The van der Waals surface area contributed by atoms with E-state index in [0.717, 1.165) is 19.1 Å². The van der Waals surface area contributed by atoms with Gasteiger partial charge < -0.3 is 10.2 Å². The van der Waals surface area contributed by atoms with Crippen LogP contribution in [-0.2, 0) is 0 Å². The van der Waals surface area contributed by atoms with Gasteiger partial charge in [-0.15, -0.1) is 0 Å². The highest BCUT2D eigenvalue weighted by Crippen LogP contribution is 2.32. The summed E-state index contributed by atoms with van der Waals surface area (Å²) in [5.74, 6) is -1.73. The lowest BCUT2D eigenvalue weighted by atomic mass is 10.1. The van der Waals surface area contributed by atoms with E-state index in [1.165, 1.54) is 0 Å². The van der Waals surface area contributed by atoms with Crippen molar-refractivity contribution in [2.24, 2.45) is 0 Å². The van der Waals surface area contributed by atoms with Crippen LogP contribution >= 0.6 is 0 Å². The van der Waals surface area contributed by atoms with E-state index < -0.39 is 27.9 Å². The summed E-state index contributed by atoms with van der Waals surface area (Å²) in [4.78, 5) is 20.6. The zero-order chi connectivity index (χ0) is 10.9. The minimum absolute atomic E-state index is 0.231. The van der Waals surface area contributed by atoms with Gasteiger partial charge in [0.1, 0.15) is 0 Å².